The molecule has 6 aliphatic heterocycles. The summed E-state index contributed by atoms with van der Waals surface area (Å²) in [4.78, 5) is 150. The van der Waals surface area contributed by atoms with Crippen LogP contribution in [0.1, 0.15) is 195 Å². The number of ether oxygens (including phenoxy) is 6. The number of aldehydes is 3. The van der Waals surface area contributed by atoms with Crippen molar-refractivity contribution in [1.29, 1.82) is 15.8 Å². The Morgan fingerprint density at radius 2 is 0.708 bits per heavy atom. The molecule has 0 spiro atoms. The van der Waals surface area contributed by atoms with Gasteiger partial charge in [-0.1, -0.05) is 0 Å². The van der Waals surface area contributed by atoms with Crippen molar-refractivity contribution in [3.63, 3.8) is 0 Å². The fourth-order valence-corrected chi connectivity index (χ4v) is 17.1. The highest BCUT2D eigenvalue weighted by Gasteiger charge is 2.38. The van der Waals surface area contributed by atoms with Gasteiger partial charge in [0.25, 0.3) is 17.7 Å². The molecule has 0 radical (unpaired) electrons. The van der Waals surface area contributed by atoms with E-state index in [1.807, 2.05) is 18.2 Å². The number of methoxy groups -OCH3 is 3. The molecule has 9 amide bonds. The van der Waals surface area contributed by atoms with Crippen molar-refractivity contribution in [1.82, 2.24) is 44.6 Å². The minimum Gasteiger partial charge on any atom is -0.381 e. The van der Waals surface area contributed by atoms with Crippen LogP contribution in [0.5, 0.6) is 0 Å². The van der Waals surface area contributed by atoms with Crippen LogP contribution in [0.2, 0.25) is 0 Å². The average Bonchev–Trinajstić information content (AvgIpc) is 0.893. The number of aryl methyl sites for hydroxylation is 3. The summed E-state index contributed by atoms with van der Waals surface area (Å²) in [5.74, 6) is 2.97. The van der Waals surface area contributed by atoms with Crippen LogP contribution in [0.3, 0.4) is 0 Å². The first kappa shape index (κ1) is 86.2. The average molecular weight is 1640 g/mol. The van der Waals surface area contributed by atoms with Crippen molar-refractivity contribution >= 4 is 89.6 Å². The zero-order valence-electron chi connectivity index (χ0n) is 68.7. The molecule has 3 saturated carbocycles. The van der Waals surface area contributed by atoms with E-state index in [1.165, 1.54) is 33.3 Å². The van der Waals surface area contributed by atoms with Crippen LogP contribution < -0.4 is 30.7 Å². The Kier molecular flexibility index (Phi) is 28.7. The summed E-state index contributed by atoms with van der Waals surface area (Å²) < 4.78 is 33.1. The molecule has 0 unspecified atom stereocenters. The van der Waals surface area contributed by atoms with Crippen molar-refractivity contribution in [2.75, 3.05) is 113 Å². The summed E-state index contributed by atoms with van der Waals surface area (Å²) in [5, 5.41) is 37.2. The summed E-state index contributed by atoms with van der Waals surface area (Å²) >= 11 is 0. The second-order valence-electron chi connectivity index (χ2n) is 32.0. The van der Waals surface area contributed by atoms with Crippen LogP contribution in [0.25, 0.3) is 0 Å². The van der Waals surface area contributed by atoms with E-state index in [2.05, 4.69) is 64.1 Å². The molecule has 9 atom stereocenters. The number of anilines is 6. The molecule has 3 aliphatic carbocycles. The van der Waals surface area contributed by atoms with E-state index in [0.717, 1.165) is 110 Å². The smallest absolute Gasteiger partial charge is 0.328 e. The Hall–Kier alpha value is -11.6. The number of rotatable bonds is 24. The third-order valence-corrected chi connectivity index (χ3v) is 24.3. The first-order chi connectivity index (χ1) is 58.2. The second-order valence-corrected chi connectivity index (χ2v) is 32.0. The molecular formula is C87H102N18O15. The Balaban J connectivity index is 0.000000156. The first-order valence-electron chi connectivity index (χ1n) is 41.3. The van der Waals surface area contributed by atoms with Crippen LogP contribution in [-0.4, -0.2) is 218 Å². The number of hydrogen-bond acceptors (Lipinski definition) is 24. The number of carbonyl (C=O) groups is 9. The fourth-order valence-electron chi connectivity index (χ4n) is 17.1. The number of nitriles is 3. The maximum absolute atomic E-state index is 13.4. The van der Waals surface area contributed by atoms with Crippen LogP contribution in [0.4, 0.5) is 49.3 Å². The van der Waals surface area contributed by atoms with Crippen LogP contribution in [0.15, 0.2) is 55.0 Å². The molecule has 15 rings (SSSR count). The van der Waals surface area contributed by atoms with Gasteiger partial charge >= 0.3 is 18.1 Å². The van der Waals surface area contributed by atoms with Crippen LogP contribution in [-0.2, 0) is 101 Å². The van der Waals surface area contributed by atoms with Gasteiger partial charge in [0.1, 0.15) is 88.5 Å². The lowest BCUT2D eigenvalue weighted by atomic mass is 9.77. The van der Waals surface area contributed by atoms with E-state index >= 15 is 0 Å². The summed E-state index contributed by atoms with van der Waals surface area (Å²) in [5.41, 5.74) is 8.91. The first-order valence-corrected chi connectivity index (χ1v) is 41.3. The molecule has 0 bridgehead atoms. The number of aromatic nitrogens is 6. The maximum atomic E-state index is 13.4. The topological polar surface area (TPSA) is 413 Å². The van der Waals surface area contributed by atoms with E-state index in [9.17, 15) is 58.9 Å². The van der Waals surface area contributed by atoms with Gasteiger partial charge in [-0.05, 0) is 222 Å². The molecule has 6 aromatic rings. The van der Waals surface area contributed by atoms with E-state index < -0.39 is 36.4 Å². The molecule has 0 aromatic carbocycles. The molecule has 33 nitrogen and oxygen atoms in total. The number of nitrogens with zero attached hydrogens (tertiary/aromatic N) is 15. The summed E-state index contributed by atoms with van der Waals surface area (Å²) in [6.45, 7) is 3.71. The lowest BCUT2D eigenvalue weighted by Gasteiger charge is -2.35. The molecule has 33 heteroatoms. The largest absolute Gasteiger partial charge is 0.381 e. The van der Waals surface area contributed by atoms with Gasteiger partial charge in [0.05, 0.1) is 35.0 Å². The highest BCUT2D eigenvalue weighted by atomic mass is 16.5. The van der Waals surface area contributed by atoms with Crippen molar-refractivity contribution in [3.8, 4) is 18.2 Å². The van der Waals surface area contributed by atoms with Crippen molar-refractivity contribution in [2.24, 2.45) is 17.8 Å². The van der Waals surface area contributed by atoms with E-state index in [0.29, 0.717) is 202 Å². The molecule has 630 valence electrons. The Morgan fingerprint density at radius 1 is 0.425 bits per heavy atom. The third-order valence-electron chi connectivity index (χ3n) is 24.3. The third kappa shape index (κ3) is 19.9. The predicted molar refractivity (Wildman–Crippen MR) is 438 cm³/mol. The van der Waals surface area contributed by atoms with Crippen molar-refractivity contribution < 1.29 is 71.6 Å². The van der Waals surface area contributed by atoms with Gasteiger partial charge in [0.15, 0.2) is 18.9 Å². The van der Waals surface area contributed by atoms with Gasteiger partial charge < -0.3 is 43.1 Å². The number of carbonyl (C=O) groups excluding carboxylic acids is 9. The second kappa shape index (κ2) is 39.9. The van der Waals surface area contributed by atoms with Gasteiger partial charge in [-0.2, -0.15) is 15.8 Å². The monoisotopic (exact) mass is 1640 g/mol. The normalized spacial score (nSPS) is 21.6. The summed E-state index contributed by atoms with van der Waals surface area (Å²) in [6.07, 6.45) is 22.7. The molecular weight excluding hydrogens is 1540 g/mol. The lowest BCUT2D eigenvalue weighted by Crippen LogP contribution is -2.40. The highest BCUT2D eigenvalue weighted by molar-refractivity contribution is 6.04. The van der Waals surface area contributed by atoms with Crippen LogP contribution >= 0.6 is 0 Å². The number of amides is 9. The predicted octanol–water partition coefficient (Wildman–Crippen LogP) is 9.75. The van der Waals surface area contributed by atoms with Gasteiger partial charge in [-0.3, -0.25) is 59.4 Å². The van der Waals surface area contributed by atoms with E-state index in [4.69, 9.17) is 28.4 Å². The molecule has 3 saturated heterocycles. The highest BCUT2D eigenvalue weighted by Crippen LogP contribution is 2.39. The molecule has 6 aromatic heterocycles. The minimum atomic E-state index is -0.444. The number of fused-ring (bicyclic) bond motifs is 3. The SMILES string of the molecule is CO[C@@H]1CC[C@H]1Cc1cc(NC(=O)N2CCCc3cc(CN(C)C(=O)[C@H]4CCCO4)c(C=O)nc32)ncc1C#N.CO[C@H]1CC[C@@H]1Cc1cc(NC(=O)N2CCCc3cc(CN(C)C(=O)[C@H]4CCCO4)c(C=O)nc32)ncc1C#N.CO[C@H]1CC[C@H]1Cc1cc(NC(=O)N2CCCc3cc(CN(C)C(=O)[C@H]4CCCO4)c(C=O)nc32)ncc1C#N. The Morgan fingerprint density at radius 3 is 0.933 bits per heavy atom. The van der Waals surface area contributed by atoms with Crippen molar-refractivity contribution in [2.45, 2.75) is 191 Å². The summed E-state index contributed by atoms with van der Waals surface area (Å²) in [7, 11) is 10.2. The molecule has 9 aliphatic rings. The zero-order chi connectivity index (χ0) is 84.7. The lowest BCUT2D eigenvalue weighted by molar-refractivity contribution is -0.140. The number of pyridine rings is 6. The molecule has 3 N–H and O–H groups in total. The molecule has 120 heavy (non-hydrogen) atoms. The van der Waals surface area contributed by atoms with Gasteiger partial charge in [-0.25, -0.2) is 44.3 Å². The van der Waals surface area contributed by atoms with Gasteiger partial charge in [0, 0.05) is 137 Å². The molecule has 12 heterocycles. The quantitative estimate of drug-likeness (QED) is 0.0474. The standard InChI is InChI=1S/3C29H34N6O5/c3*1-34(28(37)25-6-4-10-40-25)16-21-12-19-5-3-9-35(27(19)32-23(21)17-36)29(38)33-26-13-20(22(14-30)15-31-26)11-18-7-8-24(18)39-2/h3*12-13,15,17-18,24-25H,3-11,16H2,1-2H3,(H,31,33,38)/t18-,24+,25+;18-,24+,25-;18-,24-,25+/m010/s1. The zero-order valence-corrected chi connectivity index (χ0v) is 68.7. The minimum absolute atomic E-state index is 0.114. The number of urea groups is 3. The van der Waals surface area contributed by atoms with E-state index in [1.54, 1.807) is 75.4 Å². The Bertz CT molecular complexity index is 4480. The number of nitrogens with one attached hydrogen (secondary N) is 3. The maximum Gasteiger partial charge on any atom is 0.328 e. The Labute approximate surface area is 696 Å². The number of hydrogen-bond donors (Lipinski definition) is 3. The van der Waals surface area contributed by atoms with Gasteiger partial charge in [0.2, 0.25) is 0 Å². The molecule has 6 fully saturated rings. The number of likely N-dealkylation sites (N-methyl/N-ethyl adjacent to an activating group) is 3. The van der Waals surface area contributed by atoms with E-state index in [-0.39, 0.29) is 72.7 Å². The fraction of sp³-hybridized carbons (Fsp3) is 0.517. The van der Waals surface area contributed by atoms with Crippen molar-refractivity contribution in [3.05, 3.63) is 139 Å². The van der Waals surface area contributed by atoms with Crippen LogP contribution in [0, 0.1) is 51.7 Å². The van der Waals surface area contributed by atoms with Gasteiger partial charge in [-0.15, -0.1) is 0 Å². The summed E-state index contributed by atoms with van der Waals surface area (Å²) in [6, 6.07) is 16.2.